The van der Waals surface area contributed by atoms with Crippen molar-refractivity contribution in [3.8, 4) is 18.1 Å². The van der Waals surface area contributed by atoms with Crippen LogP contribution in [0.4, 0.5) is 0 Å². The molecule has 0 radical (unpaired) electrons. The summed E-state index contributed by atoms with van der Waals surface area (Å²) in [5.41, 5.74) is 7.34. The third-order valence-corrected chi connectivity index (χ3v) is 5.91. The van der Waals surface area contributed by atoms with Crippen LogP contribution < -0.4 is 10.5 Å². The standard InChI is InChI=1S/C18H20N2O4S/c1-5-13-9-14-10-15(8-12(2)17(14)20-11-13)24-18(3,25(4,22)23)7-6-16(19)21/h1,8-11H,6-7H2,2-4H3,(H2,19,21). The average molecular weight is 360 g/mol. The quantitative estimate of drug-likeness (QED) is 0.794. The van der Waals surface area contributed by atoms with Gasteiger partial charge in [0.1, 0.15) is 5.75 Å². The first-order chi connectivity index (χ1) is 11.6. The number of benzene rings is 1. The van der Waals surface area contributed by atoms with Crippen LogP contribution in [-0.4, -0.2) is 30.5 Å². The highest BCUT2D eigenvalue weighted by Crippen LogP contribution is 2.31. The van der Waals surface area contributed by atoms with E-state index in [4.69, 9.17) is 16.9 Å². The Morgan fingerprint density at radius 2 is 2.08 bits per heavy atom. The van der Waals surface area contributed by atoms with Gasteiger partial charge in [-0.25, -0.2) is 8.42 Å². The van der Waals surface area contributed by atoms with Crippen molar-refractivity contribution in [2.45, 2.75) is 31.6 Å². The molecule has 1 unspecified atom stereocenters. The van der Waals surface area contributed by atoms with Crippen LogP contribution in [0.3, 0.4) is 0 Å². The Bertz CT molecular complexity index is 976. The van der Waals surface area contributed by atoms with Crippen LogP contribution in [0, 0.1) is 19.3 Å². The number of nitrogens with two attached hydrogens (primary N) is 1. The van der Waals surface area contributed by atoms with E-state index in [1.54, 1.807) is 24.4 Å². The van der Waals surface area contributed by atoms with E-state index in [9.17, 15) is 13.2 Å². The molecule has 0 aliphatic rings. The first-order valence-corrected chi connectivity index (χ1v) is 9.49. The molecule has 1 aromatic carbocycles. The minimum atomic E-state index is -3.62. The van der Waals surface area contributed by atoms with Gasteiger partial charge in [0, 0.05) is 36.2 Å². The zero-order valence-electron chi connectivity index (χ0n) is 14.4. The second-order valence-electron chi connectivity index (χ2n) is 6.15. The van der Waals surface area contributed by atoms with Crippen LogP contribution in [0.2, 0.25) is 0 Å². The van der Waals surface area contributed by atoms with E-state index in [1.807, 2.05) is 6.92 Å². The summed E-state index contributed by atoms with van der Waals surface area (Å²) < 4.78 is 30.2. The highest BCUT2D eigenvalue weighted by Gasteiger charge is 2.38. The zero-order chi connectivity index (χ0) is 18.8. The van der Waals surface area contributed by atoms with Crippen molar-refractivity contribution in [1.29, 1.82) is 0 Å². The van der Waals surface area contributed by atoms with Gasteiger partial charge < -0.3 is 10.5 Å². The van der Waals surface area contributed by atoms with E-state index in [0.717, 1.165) is 22.7 Å². The van der Waals surface area contributed by atoms with Gasteiger partial charge in [0.05, 0.1) is 5.52 Å². The normalized spacial score (nSPS) is 13.8. The van der Waals surface area contributed by atoms with E-state index in [2.05, 4.69) is 10.9 Å². The molecule has 1 aromatic heterocycles. The summed E-state index contributed by atoms with van der Waals surface area (Å²) in [6, 6.07) is 5.17. The molecule has 2 aromatic rings. The number of aromatic nitrogens is 1. The number of hydrogen-bond acceptors (Lipinski definition) is 5. The van der Waals surface area contributed by atoms with Gasteiger partial charge in [0.15, 0.2) is 9.84 Å². The Balaban J connectivity index is 2.48. The molecule has 132 valence electrons. The lowest BCUT2D eigenvalue weighted by Gasteiger charge is -2.29. The summed E-state index contributed by atoms with van der Waals surface area (Å²) in [6.07, 6.45) is 7.93. The number of rotatable bonds is 6. The molecule has 25 heavy (non-hydrogen) atoms. The maximum Gasteiger partial charge on any atom is 0.217 e. The number of primary amides is 1. The molecule has 7 heteroatoms. The van der Waals surface area contributed by atoms with Crippen LogP contribution >= 0.6 is 0 Å². The zero-order valence-corrected chi connectivity index (χ0v) is 15.2. The maximum atomic E-state index is 12.2. The number of fused-ring (bicyclic) bond motifs is 1. The molecule has 0 spiro atoms. The third kappa shape index (κ3) is 4.09. The second-order valence-corrected chi connectivity index (χ2v) is 8.56. The van der Waals surface area contributed by atoms with Gasteiger partial charge in [-0.15, -0.1) is 6.42 Å². The number of hydrogen-bond donors (Lipinski definition) is 1. The van der Waals surface area contributed by atoms with Gasteiger partial charge in [-0.3, -0.25) is 9.78 Å². The fraction of sp³-hybridized carbons (Fsp3) is 0.333. The number of sulfone groups is 1. The lowest BCUT2D eigenvalue weighted by molar-refractivity contribution is -0.118. The highest BCUT2D eigenvalue weighted by molar-refractivity contribution is 7.91. The van der Waals surface area contributed by atoms with Crippen LogP contribution in [0.25, 0.3) is 10.9 Å². The number of carbonyl (C=O) groups excluding carboxylic acids is 1. The molecule has 0 aliphatic carbocycles. The molecule has 0 fully saturated rings. The van der Waals surface area contributed by atoms with Gasteiger partial charge >= 0.3 is 0 Å². The third-order valence-electron chi connectivity index (χ3n) is 4.06. The number of carbonyl (C=O) groups is 1. The van der Waals surface area contributed by atoms with Crippen molar-refractivity contribution in [2.24, 2.45) is 5.73 Å². The minimum Gasteiger partial charge on any atom is -0.472 e. The summed E-state index contributed by atoms with van der Waals surface area (Å²) in [5.74, 6) is 2.29. The number of nitrogens with zero attached hydrogens (tertiary/aromatic N) is 1. The van der Waals surface area contributed by atoms with Gasteiger partial charge in [-0.05, 0) is 37.6 Å². The predicted molar refractivity (Wildman–Crippen MR) is 96.7 cm³/mol. The number of pyridine rings is 1. The number of aryl methyl sites for hydroxylation is 1. The molecule has 2 N–H and O–H groups in total. The van der Waals surface area contributed by atoms with E-state index in [1.165, 1.54) is 6.92 Å². The minimum absolute atomic E-state index is 0.0408. The Morgan fingerprint density at radius 1 is 1.40 bits per heavy atom. The van der Waals surface area contributed by atoms with Gasteiger partial charge in [-0.2, -0.15) is 0 Å². The second kappa shape index (κ2) is 6.73. The Labute approximate surface area is 147 Å². The topological polar surface area (TPSA) is 99.3 Å². The van der Waals surface area contributed by atoms with Crippen molar-refractivity contribution in [3.05, 3.63) is 35.5 Å². The van der Waals surface area contributed by atoms with E-state index < -0.39 is 20.7 Å². The Kier molecular flexibility index (Phi) is 5.04. The molecule has 6 nitrogen and oxygen atoms in total. The van der Waals surface area contributed by atoms with Crippen LogP contribution in [0.5, 0.6) is 5.75 Å². The Morgan fingerprint density at radius 3 is 2.64 bits per heavy atom. The molecular formula is C18H20N2O4S. The molecule has 0 saturated carbocycles. The van der Waals surface area contributed by atoms with Gasteiger partial charge in [-0.1, -0.05) is 5.92 Å². The number of ether oxygens (including phenoxy) is 1. The first kappa shape index (κ1) is 18.7. The van der Waals surface area contributed by atoms with Crippen LogP contribution in [0.15, 0.2) is 24.4 Å². The monoisotopic (exact) mass is 360 g/mol. The van der Waals surface area contributed by atoms with Gasteiger partial charge in [0.2, 0.25) is 10.8 Å². The largest absolute Gasteiger partial charge is 0.472 e. The summed E-state index contributed by atoms with van der Waals surface area (Å²) in [6.45, 7) is 3.28. The lowest BCUT2D eigenvalue weighted by Crippen LogP contribution is -2.41. The molecular weight excluding hydrogens is 340 g/mol. The fourth-order valence-electron chi connectivity index (χ4n) is 2.45. The smallest absolute Gasteiger partial charge is 0.217 e. The average Bonchev–Trinajstić information content (AvgIpc) is 2.51. The molecule has 0 saturated heterocycles. The van der Waals surface area contributed by atoms with Crippen molar-refractivity contribution in [2.75, 3.05) is 6.26 Å². The maximum absolute atomic E-state index is 12.2. The van der Waals surface area contributed by atoms with E-state index >= 15 is 0 Å². The summed E-state index contributed by atoms with van der Waals surface area (Å²) in [7, 11) is -3.62. The summed E-state index contributed by atoms with van der Waals surface area (Å²) in [4.78, 5) is 13.8. The van der Waals surface area contributed by atoms with Crippen molar-refractivity contribution >= 4 is 26.6 Å². The molecule has 1 heterocycles. The first-order valence-electron chi connectivity index (χ1n) is 7.60. The van der Waals surface area contributed by atoms with E-state index in [0.29, 0.717) is 11.3 Å². The molecule has 0 bridgehead atoms. The Hall–Kier alpha value is -2.59. The summed E-state index contributed by atoms with van der Waals surface area (Å²) >= 11 is 0. The predicted octanol–water partition coefficient (Wildman–Crippen LogP) is 1.93. The highest BCUT2D eigenvalue weighted by atomic mass is 32.2. The molecule has 0 aliphatic heterocycles. The number of terminal acetylenes is 1. The summed E-state index contributed by atoms with van der Waals surface area (Å²) in [5, 5.41) is 0.746. The van der Waals surface area contributed by atoms with E-state index in [-0.39, 0.29) is 12.8 Å². The van der Waals surface area contributed by atoms with Crippen molar-refractivity contribution in [1.82, 2.24) is 4.98 Å². The molecule has 2 rings (SSSR count). The van der Waals surface area contributed by atoms with Gasteiger partial charge in [0.25, 0.3) is 0 Å². The lowest BCUT2D eigenvalue weighted by atomic mass is 10.1. The SMILES string of the molecule is C#Cc1cnc2c(C)cc(OC(C)(CCC(N)=O)S(C)(=O)=O)cc2c1. The molecule has 1 atom stereocenters. The van der Waals surface area contributed by atoms with Crippen molar-refractivity contribution < 1.29 is 17.9 Å². The fourth-order valence-corrected chi connectivity index (χ4v) is 3.17. The van der Waals surface area contributed by atoms with Crippen LogP contribution in [-0.2, 0) is 14.6 Å². The molecule has 1 amide bonds. The van der Waals surface area contributed by atoms with Crippen LogP contribution in [0.1, 0.15) is 30.9 Å². The van der Waals surface area contributed by atoms with Crippen molar-refractivity contribution in [3.63, 3.8) is 0 Å². The number of amides is 1.